The van der Waals surface area contributed by atoms with Crippen LogP contribution in [-0.4, -0.2) is 43.8 Å². The molecule has 46 heavy (non-hydrogen) atoms. The summed E-state index contributed by atoms with van der Waals surface area (Å²) in [5.41, 5.74) is 2.52. The molecule has 0 radical (unpaired) electrons. The molecule has 0 aliphatic heterocycles. The van der Waals surface area contributed by atoms with Gasteiger partial charge in [-0.25, -0.2) is 12.8 Å². The van der Waals surface area contributed by atoms with E-state index < -0.39 is 34.3 Å². The summed E-state index contributed by atoms with van der Waals surface area (Å²) >= 11 is 6.29. The van der Waals surface area contributed by atoms with Gasteiger partial charge in [-0.15, -0.1) is 0 Å². The number of amides is 2. The van der Waals surface area contributed by atoms with Crippen LogP contribution in [0.3, 0.4) is 0 Å². The highest BCUT2D eigenvalue weighted by molar-refractivity contribution is 7.92. The van der Waals surface area contributed by atoms with E-state index in [2.05, 4.69) is 5.32 Å². The van der Waals surface area contributed by atoms with Crippen molar-refractivity contribution in [1.29, 1.82) is 0 Å². The van der Waals surface area contributed by atoms with Crippen molar-refractivity contribution < 1.29 is 22.4 Å². The van der Waals surface area contributed by atoms with Gasteiger partial charge in [0.25, 0.3) is 10.0 Å². The van der Waals surface area contributed by atoms with Crippen LogP contribution in [0.4, 0.5) is 10.1 Å². The Labute approximate surface area is 275 Å². The molecular formula is C36H37ClFN3O4S. The minimum absolute atomic E-state index is 0.00146. The van der Waals surface area contributed by atoms with Gasteiger partial charge in [-0.2, -0.15) is 0 Å². The Bertz CT molecular complexity index is 1750. The highest BCUT2D eigenvalue weighted by atomic mass is 35.5. The average molecular weight is 662 g/mol. The Morgan fingerprint density at radius 3 is 2.22 bits per heavy atom. The van der Waals surface area contributed by atoms with Crippen LogP contribution in [0.1, 0.15) is 42.4 Å². The van der Waals surface area contributed by atoms with Crippen molar-refractivity contribution in [2.75, 3.05) is 10.8 Å². The number of benzene rings is 4. The van der Waals surface area contributed by atoms with Crippen LogP contribution in [0, 0.1) is 12.7 Å². The van der Waals surface area contributed by atoms with E-state index in [1.807, 2.05) is 37.3 Å². The molecule has 1 saturated carbocycles. The molecule has 7 nitrogen and oxygen atoms in total. The van der Waals surface area contributed by atoms with Crippen molar-refractivity contribution >= 4 is 39.1 Å². The van der Waals surface area contributed by atoms with Crippen LogP contribution in [0.25, 0.3) is 0 Å². The lowest BCUT2D eigenvalue weighted by molar-refractivity contribution is -0.140. The normalized spacial score (nSPS) is 14.1. The smallest absolute Gasteiger partial charge is 0.264 e. The highest BCUT2D eigenvalue weighted by Crippen LogP contribution is 2.28. The minimum atomic E-state index is -4.24. The van der Waals surface area contributed by atoms with Crippen LogP contribution in [0.2, 0.25) is 5.02 Å². The summed E-state index contributed by atoms with van der Waals surface area (Å²) in [7, 11) is -4.24. The molecule has 4 aromatic carbocycles. The van der Waals surface area contributed by atoms with E-state index in [9.17, 15) is 22.4 Å². The molecule has 0 bridgehead atoms. The van der Waals surface area contributed by atoms with E-state index >= 15 is 0 Å². The SMILES string of the molecule is Cc1ccc(S(=O)(=O)N(CC(=O)N(Cc2ccc(F)cc2)[C@@H](Cc2ccccc2)C(=O)NC2CCCC2)c2cccc(Cl)c2)cc1. The second kappa shape index (κ2) is 14.9. The van der Waals surface area contributed by atoms with E-state index in [1.165, 1.54) is 35.2 Å². The Morgan fingerprint density at radius 2 is 1.57 bits per heavy atom. The third kappa shape index (κ3) is 8.33. The van der Waals surface area contributed by atoms with Gasteiger partial charge in [0.05, 0.1) is 10.6 Å². The van der Waals surface area contributed by atoms with E-state index in [-0.39, 0.29) is 35.5 Å². The van der Waals surface area contributed by atoms with Gasteiger partial charge in [0.2, 0.25) is 11.8 Å². The highest BCUT2D eigenvalue weighted by Gasteiger charge is 2.35. The number of aryl methyl sites for hydroxylation is 1. The Morgan fingerprint density at radius 1 is 0.891 bits per heavy atom. The molecule has 0 spiro atoms. The summed E-state index contributed by atoms with van der Waals surface area (Å²) < 4.78 is 43.1. The zero-order valence-electron chi connectivity index (χ0n) is 25.6. The fourth-order valence-electron chi connectivity index (χ4n) is 5.71. The molecule has 1 N–H and O–H groups in total. The lowest BCUT2D eigenvalue weighted by Crippen LogP contribution is -2.54. The van der Waals surface area contributed by atoms with Crippen LogP contribution >= 0.6 is 11.6 Å². The molecule has 1 aliphatic rings. The molecule has 240 valence electrons. The molecule has 0 unspecified atom stereocenters. The number of hydrogen-bond donors (Lipinski definition) is 1. The third-order valence-electron chi connectivity index (χ3n) is 8.22. The second-order valence-electron chi connectivity index (χ2n) is 11.6. The molecular weight excluding hydrogens is 625 g/mol. The molecule has 1 atom stereocenters. The number of nitrogens with one attached hydrogen (secondary N) is 1. The summed E-state index contributed by atoms with van der Waals surface area (Å²) in [5, 5.41) is 3.44. The Balaban J connectivity index is 1.56. The predicted octanol–water partition coefficient (Wildman–Crippen LogP) is 6.68. The minimum Gasteiger partial charge on any atom is -0.352 e. The zero-order valence-corrected chi connectivity index (χ0v) is 27.2. The van der Waals surface area contributed by atoms with Crippen molar-refractivity contribution in [2.24, 2.45) is 0 Å². The molecule has 1 fully saturated rings. The number of rotatable bonds is 12. The fraction of sp³-hybridized carbons (Fsp3) is 0.278. The number of nitrogens with zero attached hydrogens (tertiary/aromatic N) is 2. The van der Waals surface area contributed by atoms with Gasteiger partial charge in [-0.3, -0.25) is 13.9 Å². The molecule has 10 heteroatoms. The van der Waals surface area contributed by atoms with Crippen molar-refractivity contribution in [3.63, 3.8) is 0 Å². The maximum atomic E-state index is 14.5. The average Bonchev–Trinajstić information content (AvgIpc) is 3.56. The first-order chi connectivity index (χ1) is 22.1. The molecule has 0 aromatic heterocycles. The standard InChI is InChI=1S/C36H37ClFN3O4S/c1-26-14-20-33(21-15-26)46(44,45)41(32-13-7-10-29(37)23-32)25-35(42)40(24-28-16-18-30(38)19-17-28)34(22-27-8-3-2-4-9-27)36(43)39-31-11-5-6-12-31/h2-4,7-10,13-21,23,31,34H,5-6,11-12,22,24-25H2,1H3,(H,39,43)/t34-/m0/s1. The fourth-order valence-corrected chi connectivity index (χ4v) is 7.30. The van der Waals surface area contributed by atoms with Crippen molar-refractivity contribution in [3.05, 3.63) is 131 Å². The summed E-state index contributed by atoms with van der Waals surface area (Å²) in [5.74, 6) is -1.35. The molecule has 0 heterocycles. The van der Waals surface area contributed by atoms with E-state index in [0.29, 0.717) is 10.6 Å². The van der Waals surface area contributed by atoms with Gasteiger partial charge >= 0.3 is 0 Å². The van der Waals surface area contributed by atoms with Gasteiger partial charge in [-0.1, -0.05) is 90.7 Å². The maximum absolute atomic E-state index is 14.5. The summed E-state index contributed by atoms with van der Waals surface area (Å²) in [6, 6.07) is 26.8. The van der Waals surface area contributed by atoms with Crippen LogP contribution < -0.4 is 9.62 Å². The largest absolute Gasteiger partial charge is 0.352 e. The monoisotopic (exact) mass is 661 g/mol. The zero-order chi connectivity index (χ0) is 32.7. The molecule has 4 aromatic rings. The number of hydrogen-bond acceptors (Lipinski definition) is 4. The van der Waals surface area contributed by atoms with Crippen LogP contribution in [0.5, 0.6) is 0 Å². The van der Waals surface area contributed by atoms with Crippen molar-refractivity contribution in [1.82, 2.24) is 10.2 Å². The molecule has 5 rings (SSSR count). The van der Waals surface area contributed by atoms with E-state index in [0.717, 1.165) is 41.1 Å². The van der Waals surface area contributed by atoms with E-state index in [4.69, 9.17) is 11.6 Å². The van der Waals surface area contributed by atoms with Crippen LogP contribution in [-0.2, 0) is 32.6 Å². The quantitative estimate of drug-likeness (QED) is 0.184. The number of sulfonamides is 1. The second-order valence-corrected chi connectivity index (χ2v) is 13.9. The number of anilines is 1. The first-order valence-electron chi connectivity index (χ1n) is 15.3. The van der Waals surface area contributed by atoms with Crippen molar-refractivity contribution in [3.8, 4) is 0 Å². The summed E-state index contributed by atoms with van der Waals surface area (Å²) in [4.78, 5) is 30.0. The molecule has 2 amide bonds. The molecule has 1 aliphatic carbocycles. The van der Waals surface area contributed by atoms with Crippen molar-refractivity contribution in [2.45, 2.75) is 62.6 Å². The number of carbonyl (C=O) groups is 2. The maximum Gasteiger partial charge on any atom is 0.264 e. The first-order valence-corrected chi connectivity index (χ1v) is 17.1. The van der Waals surface area contributed by atoms with Gasteiger partial charge in [0.1, 0.15) is 18.4 Å². The summed E-state index contributed by atoms with van der Waals surface area (Å²) in [6.07, 6.45) is 3.93. The van der Waals surface area contributed by atoms with Gasteiger partial charge in [0, 0.05) is 24.0 Å². The van der Waals surface area contributed by atoms with Gasteiger partial charge in [-0.05, 0) is 73.4 Å². The number of carbonyl (C=O) groups excluding carboxylic acids is 2. The first kappa shape index (κ1) is 33.2. The van der Waals surface area contributed by atoms with Gasteiger partial charge in [0.15, 0.2) is 0 Å². The predicted molar refractivity (Wildman–Crippen MR) is 178 cm³/mol. The number of halogens is 2. The van der Waals surface area contributed by atoms with Crippen LogP contribution in [0.15, 0.2) is 108 Å². The van der Waals surface area contributed by atoms with Gasteiger partial charge < -0.3 is 10.2 Å². The Hall–Kier alpha value is -4.21. The lowest BCUT2D eigenvalue weighted by atomic mass is 10.0. The third-order valence-corrected chi connectivity index (χ3v) is 10.2. The lowest BCUT2D eigenvalue weighted by Gasteiger charge is -2.34. The Kier molecular flexibility index (Phi) is 10.8. The summed E-state index contributed by atoms with van der Waals surface area (Å²) in [6.45, 7) is 1.22. The molecule has 0 saturated heterocycles. The van der Waals surface area contributed by atoms with E-state index in [1.54, 1.807) is 42.5 Å². The topological polar surface area (TPSA) is 86.8 Å².